The second-order valence-electron chi connectivity index (χ2n) is 10.1. The summed E-state index contributed by atoms with van der Waals surface area (Å²) >= 11 is 0. The number of carbonyl (C=O) groups is 2. The van der Waals surface area contributed by atoms with Crippen LogP contribution < -0.4 is 4.74 Å². The molecule has 2 saturated heterocycles. The third-order valence-electron chi connectivity index (χ3n) is 6.93. The first kappa shape index (κ1) is 24.7. The molecule has 2 atom stereocenters. The van der Waals surface area contributed by atoms with E-state index in [1.54, 1.807) is 21.0 Å². The van der Waals surface area contributed by atoms with E-state index in [0.717, 1.165) is 22.5 Å². The Bertz CT molecular complexity index is 955. The molecule has 8 heteroatoms. The summed E-state index contributed by atoms with van der Waals surface area (Å²) in [5.74, 6) is -2.88. The van der Waals surface area contributed by atoms with Crippen molar-refractivity contribution in [3.63, 3.8) is 0 Å². The molecule has 2 heterocycles. The van der Waals surface area contributed by atoms with Crippen molar-refractivity contribution < 1.29 is 38.0 Å². The first-order valence-corrected chi connectivity index (χ1v) is 11.7. The smallest absolute Gasteiger partial charge is 0.327 e. The zero-order valence-electron chi connectivity index (χ0n) is 20.8. The van der Waals surface area contributed by atoms with Crippen LogP contribution in [0.3, 0.4) is 0 Å². The van der Waals surface area contributed by atoms with Gasteiger partial charge in [-0.15, -0.1) is 0 Å². The van der Waals surface area contributed by atoms with Crippen LogP contribution in [-0.4, -0.2) is 49.9 Å². The van der Waals surface area contributed by atoms with Crippen LogP contribution >= 0.6 is 0 Å². The second-order valence-corrected chi connectivity index (χ2v) is 10.1. The van der Waals surface area contributed by atoms with Gasteiger partial charge in [-0.1, -0.05) is 17.7 Å². The Kier molecular flexibility index (Phi) is 6.52. The number of methoxy groups -OCH3 is 1. The summed E-state index contributed by atoms with van der Waals surface area (Å²) < 4.78 is 34.3. The van der Waals surface area contributed by atoms with Gasteiger partial charge in [0.15, 0.2) is 11.2 Å². The highest BCUT2D eigenvalue weighted by Gasteiger charge is 2.62. The van der Waals surface area contributed by atoms with E-state index in [1.165, 1.54) is 0 Å². The molecule has 0 bridgehead atoms. The minimum absolute atomic E-state index is 0.156. The topological polar surface area (TPSA) is 89.5 Å². The molecular formula is C26H34O8. The van der Waals surface area contributed by atoms with Crippen molar-refractivity contribution >= 4 is 11.9 Å². The molecule has 1 aromatic rings. The Balaban J connectivity index is 1.61. The van der Waals surface area contributed by atoms with Gasteiger partial charge < -0.3 is 28.4 Å². The SMILES string of the molecule is COc1ccc(COC[C@@H]2C(C)=C([C@@H]3COC(C)(C)O3)CCC23C(=O)OC(C)(C)OC3=O)cc1. The van der Waals surface area contributed by atoms with Gasteiger partial charge in [0.05, 0.1) is 26.9 Å². The van der Waals surface area contributed by atoms with E-state index in [1.807, 2.05) is 45.0 Å². The lowest BCUT2D eigenvalue weighted by atomic mass is 9.63. The molecule has 0 unspecified atom stereocenters. The molecule has 0 radical (unpaired) electrons. The van der Waals surface area contributed by atoms with Crippen LogP contribution in [0.4, 0.5) is 0 Å². The fourth-order valence-electron chi connectivity index (χ4n) is 5.08. The summed E-state index contributed by atoms with van der Waals surface area (Å²) in [6, 6.07) is 7.56. The lowest BCUT2D eigenvalue weighted by Gasteiger charge is -2.47. The van der Waals surface area contributed by atoms with E-state index in [4.69, 9.17) is 28.4 Å². The fourth-order valence-corrected chi connectivity index (χ4v) is 5.08. The van der Waals surface area contributed by atoms with Crippen molar-refractivity contribution in [2.75, 3.05) is 20.3 Å². The van der Waals surface area contributed by atoms with Crippen LogP contribution in [0.15, 0.2) is 35.4 Å². The molecule has 0 N–H and O–H groups in total. The third kappa shape index (κ3) is 4.59. The average molecular weight is 475 g/mol. The lowest BCUT2D eigenvalue weighted by Crippen LogP contribution is -2.59. The molecule has 0 saturated carbocycles. The van der Waals surface area contributed by atoms with Crippen LogP contribution in [0.5, 0.6) is 5.75 Å². The molecule has 3 aliphatic rings. The van der Waals surface area contributed by atoms with Crippen molar-refractivity contribution in [1.29, 1.82) is 0 Å². The summed E-state index contributed by atoms with van der Waals surface area (Å²) in [7, 11) is 1.62. The van der Waals surface area contributed by atoms with E-state index in [2.05, 4.69) is 0 Å². The Morgan fingerprint density at radius 1 is 1.00 bits per heavy atom. The lowest BCUT2D eigenvalue weighted by molar-refractivity contribution is -0.257. The zero-order valence-corrected chi connectivity index (χ0v) is 20.8. The fraction of sp³-hybridized carbons (Fsp3) is 0.615. The van der Waals surface area contributed by atoms with Crippen LogP contribution in [0, 0.1) is 11.3 Å². The standard InChI is InChI=1S/C26H34O8/c1-16-19(21-15-31-24(2,3)32-21)11-12-26(22(27)33-25(4,5)34-23(26)28)20(16)14-30-13-17-7-9-18(29-6)10-8-17/h7-10,20-21H,11-15H2,1-6H3/t20-,21+/m1/s1. The zero-order chi connectivity index (χ0) is 24.7. The molecule has 2 fully saturated rings. The van der Waals surface area contributed by atoms with Gasteiger partial charge in [0, 0.05) is 19.8 Å². The van der Waals surface area contributed by atoms with Crippen LogP contribution in [0.1, 0.15) is 53.0 Å². The molecule has 1 aromatic carbocycles. The highest BCUT2D eigenvalue weighted by Crippen LogP contribution is 2.51. The number of benzene rings is 1. The van der Waals surface area contributed by atoms with Crippen molar-refractivity contribution in [2.24, 2.45) is 11.3 Å². The van der Waals surface area contributed by atoms with Gasteiger partial charge in [0.2, 0.25) is 0 Å². The molecule has 4 rings (SSSR count). The van der Waals surface area contributed by atoms with Gasteiger partial charge in [-0.25, -0.2) is 0 Å². The average Bonchev–Trinajstić information content (AvgIpc) is 3.12. The van der Waals surface area contributed by atoms with Crippen molar-refractivity contribution in [2.45, 2.75) is 71.7 Å². The first-order valence-electron chi connectivity index (χ1n) is 11.7. The number of rotatable bonds is 6. The Morgan fingerprint density at radius 2 is 1.65 bits per heavy atom. The predicted molar refractivity (Wildman–Crippen MR) is 122 cm³/mol. The van der Waals surface area contributed by atoms with Gasteiger partial charge in [-0.2, -0.15) is 0 Å². The largest absolute Gasteiger partial charge is 0.497 e. The molecule has 34 heavy (non-hydrogen) atoms. The van der Waals surface area contributed by atoms with Gasteiger partial charge in [0.25, 0.3) is 5.79 Å². The predicted octanol–water partition coefficient (Wildman–Crippen LogP) is 3.91. The molecule has 0 aromatic heterocycles. The number of cyclic esters (lactones) is 2. The molecule has 186 valence electrons. The van der Waals surface area contributed by atoms with Crippen LogP contribution in [0.2, 0.25) is 0 Å². The maximum Gasteiger partial charge on any atom is 0.327 e. The van der Waals surface area contributed by atoms with E-state index in [-0.39, 0.29) is 19.1 Å². The van der Waals surface area contributed by atoms with Gasteiger partial charge in [0.1, 0.15) is 11.9 Å². The highest BCUT2D eigenvalue weighted by molar-refractivity contribution is 6.02. The monoisotopic (exact) mass is 474 g/mol. The number of hydrogen-bond acceptors (Lipinski definition) is 8. The molecular weight excluding hydrogens is 440 g/mol. The summed E-state index contributed by atoms with van der Waals surface area (Å²) in [6.07, 6.45) is 0.545. The summed E-state index contributed by atoms with van der Waals surface area (Å²) in [4.78, 5) is 26.6. The first-order chi connectivity index (χ1) is 16.0. The van der Waals surface area contributed by atoms with Gasteiger partial charge >= 0.3 is 11.9 Å². The maximum atomic E-state index is 13.3. The summed E-state index contributed by atoms with van der Waals surface area (Å²) in [5.41, 5.74) is 1.44. The molecule has 1 aliphatic carbocycles. The van der Waals surface area contributed by atoms with Gasteiger partial charge in [-0.05, 0) is 56.9 Å². The summed E-state index contributed by atoms with van der Waals surface area (Å²) in [5, 5.41) is 0. The normalized spacial score (nSPS) is 27.5. The third-order valence-corrected chi connectivity index (χ3v) is 6.93. The summed E-state index contributed by atoms with van der Waals surface area (Å²) in [6.45, 7) is 9.72. The number of carbonyl (C=O) groups excluding carboxylic acids is 2. The minimum Gasteiger partial charge on any atom is -0.497 e. The van der Waals surface area contributed by atoms with Crippen LogP contribution in [-0.2, 0) is 39.9 Å². The number of hydrogen-bond donors (Lipinski definition) is 0. The Morgan fingerprint density at radius 3 is 2.21 bits per heavy atom. The Hall–Kier alpha value is -2.42. The van der Waals surface area contributed by atoms with Gasteiger partial charge in [-0.3, -0.25) is 9.59 Å². The molecule has 8 nitrogen and oxygen atoms in total. The molecule has 2 aliphatic heterocycles. The number of ether oxygens (including phenoxy) is 6. The minimum atomic E-state index is -1.45. The Labute approximate surface area is 200 Å². The maximum absolute atomic E-state index is 13.3. The van der Waals surface area contributed by atoms with Crippen molar-refractivity contribution in [3.8, 4) is 5.75 Å². The second kappa shape index (κ2) is 8.98. The van der Waals surface area contributed by atoms with E-state index < -0.39 is 34.8 Å². The quantitative estimate of drug-likeness (QED) is 0.348. The number of esters is 2. The molecule has 0 amide bonds. The van der Waals surface area contributed by atoms with Crippen molar-refractivity contribution in [3.05, 3.63) is 41.0 Å². The van der Waals surface area contributed by atoms with E-state index in [0.29, 0.717) is 19.6 Å². The van der Waals surface area contributed by atoms with E-state index in [9.17, 15) is 9.59 Å². The van der Waals surface area contributed by atoms with Crippen LogP contribution in [0.25, 0.3) is 0 Å². The van der Waals surface area contributed by atoms with E-state index >= 15 is 0 Å². The highest BCUT2D eigenvalue weighted by atomic mass is 16.8. The molecule has 1 spiro atoms. The van der Waals surface area contributed by atoms with Crippen molar-refractivity contribution in [1.82, 2.24) is 0 Å².